The predicted octanol–water partition coefficient (Wildman–Crippen LogP) is 3.06. The summed E-state index contributed by atoms with van der Waals surface area (Å²) in [6.07, 6.45) is 1.74. The van der Waals surface area contributed by atoms with Gasteiger partial charge in [0.2, 0.25) is 11.8 Å². The van der Waals surface area contributed by atoms with Gasteiger partial charge in [0.1, 0.15) is 0 Å². The monoisotopic (exact) mass is 328 g/mol. The summed E-state index contributed by atoms with van der Waals surface area (Å²) in [4.78, 5) is 18.8. The summed E-state index contributed by atoms with van der Waals surface area (Å²) in [5.41, 5.74) is 1.54. The molecule has 0 bridgehead atoms. The van der Waals surface area contributed by atoms with Crippen LogP contribution in [0.5, 0.6) is 0 Å². The van der Waals surface area contributed by atoms with Gasteiger partial charge in [-0.2, -0.15) is 0 Å². The second-order valence-electron chi connectivity index (χ2n) is 4.95. The summed E-state index contributed by atoms with van der Waals surface area (Å²) in [6.45, 7) is 2.05. The number of nitrogens with zero attached hydrogens (tertiary/aromatic N) is 3. The molecule has 0 radical (unpaired) electrons. The Kier molecular flexibility index (Phi) is 4.87. The fourth-order valence-electron chi connectivity index (χ4n) is 2.08. The first kappa shape index (κ1) is 15.5. The van der Waals surface area contributed by atoms with E-state index in [1.807, 2.05) is 30.3 Å². The molecule has 23 heavy (non-hydrogen) atoms. The van der Waals surface area contributed by atoms with Crippen LogP contribution in [-0.4, -0.2) is 20.2 Å². The molecule has 6 nitrogen and oxygen atoms in total. The molecule has 0 saturated heterocycles. The zero-order chi connectivity index (χ0) is 16.1. The van der Waals surface area contributed by atoms with Crippen LogP contribution in [0.2, 0.25) is 0 Å². The summed E-state index contributed by atoms with van der Waals surface area (Å²) < 4.78 is 5.64. The van der Waals surface area contributed by atoms with Gasteiger partial charge in [-0.3, -0.25) is 4.79 Å². The highest BCUT2D eigenvalue weighted by atomic mass is 32.2. The first-order valence-corrected chi connectivity index (χ1v) is 8.34. The third-order valence-electron chi connectivity index (χ3n) is 3.10. The highest BCUT2D eigenvalue weighted by Gasteiger charge is 2.10. The van der Waals surface area contributed by atoms with Crippen molar-refractivity contribution in [1.82, 2.24) is 20.2 Å². The quantitative estimate of drug-likeness (QED) is 0.553. The van der Waals surface area contributed by atoms with E-state index in [-0.39, 0.29) is 5.56 Å². The molecule has 2 aromatic heterocycles. The minimum absolute atomic E-state index is 0.138. The molecule has 0 aliphatic heterocycles. The van der Waals surface area contributed by atoms with Crippen molar-refractivity contribution in [3.05, 3.63) is 58.3 Å². The van der Waals surface area contributed by atoms with Crippen LogP contribution in [-0.2, 0) is 12.2 Å². The number of benzene rings is 1. The Balaban J connectivity index is 1.69. The van der Waals surface area contributed by atoms with Crippen LogP contribution >= 0.6 is 11.8 Å². The van der Waals surface area contributed by atoms with E-state index in [9.17, 15) is 4.79 Å². The number of aromatic nitrogens is 4. The number of aryl methyl sites for hydroxylation is 1. The maximum Gasteiger partial charge on any atom is 0.251 e. The Morgan fingerprint density at radius 3 is 2.83 bits per heavy atom. The van der Waals surface area contributed by atoms with Crippen LogP contribution in [0.25, 0.3) is 11.5 Å². The van der Waals surface area contributed by atoms with Gasteiger partial charge >= 0.3 is 0 Å². The maximum atomic E-state index is 11.6. The topological polar surface area (TPSA) is 84.7 Å². The van der Waals surface area contributed by atoms with E-state index in [4.69, 9.17) is 4.42 Å². The molecule has 0 atom stereocenters. The van der Waals surface area contributed by atoms with Crippen molar-refractivity contribution in [1.29, 1.82) is 0 Å². The molecular weight excluding hydrogens is 312 g/mol. The van der Waals surface area contributed by atoms with E-state index in [0.717, 1.165) is 24.1 Å². The third kappa shape index (κ3) is 4.07. The van der Waals surface area contributed by atoms with Gasteiger partial charge in [-0.1, -0.05) is 43.3 Å². The normalized spacial score (nSPS) is 10.8. The van der Waals surface area contributed by atoms with Crippen molar-refractivity contribution < 1.29 is 4.42 Å². The van der Waals surface area contributed by atoms with Gasteiger partial charge in [0.25, 0.3) is 5.56 Å². The molecule has 0 aliphatic rings. The lowest BCUT2D eigenvalue weighted by molar-refractivity contribution is 0.528. The number of aromatic amines is 1. The van der Waals surface area contributed by atoms with Crippen molar-refractivity contribution in [2.45, 2.75) is 30.7 Å². The molecule has 0 fully saturated rings. The highest BCUT2D eigenvalue weighted by Crippen LogP contribution is 2.21. The molecule has 118 valence electrons. The van der Waals surface area contributed by atoms with Gasteiger partial charge in [-0.05, 0) is 18.6 Å². The van der Waals surface area contributed by atoms with Crippen LogP contribution in [0.3, 0.4) is 0 Å². The first-order valence-electron chi connectivity index (χ1n) is 7.35. The van der Waals surface area contributed by atoms with Gasteiger partial charge in [-0.15, -0.1) is 10.2 Å². The van der Waals surface area contributed by atoms with Crippen LogP contribution in [0.1, 0.15) is 24.9 Å². The van der Waals surface area contributed by atoms with Crippen molar-refractivity contribution >= 4 is 11.8 Å². The van der Waals surface area contributed by atoms with E-state index < -0.39 is 0 Å². The predicted molar refractivity (Wildman–Crippen MR) is 88.1 cm³/mol. The Morgan fingerprint density at radius 1 is 1.22 bits per heavy atom. The third-order valence-corrected chi connectivity index (χ3v) is 3.96. The number of hydrogen-bond donors (Lipinski definition) is 1. The second-order valence-corrected chi connectivity index (χ2v) is 5.91. The molecule has 0 spiro atoms. The smallest absolute Gasteiger partial charge is 0.251 e. The van der Waals surface area contributed by atoms with E-state index in [1.165, 1.54) is 17.8 Å². The summed E-state index contributed by atoms with van der Waals surface area (Å²) in [5.74, 6) is 1.44. The standard InChI is InChI=1S/C16H16N4O2S/c1-2-6-12-9-13(21)18-16(17-12)23-10-14-19-20-15(22-14)11-7-4-3-5-8-11/h3-5,7-9H,2,6,10H2,1H3,(H,17,18,21). The molecule has 3 aromatic rings. The molecule has 2 heterocycles. The summed E-state index contributed by atoms with van der Waals surface area (Å²) in [6, 6.07) is 11.1. The lowest BCUT2D eigenvalue weighted by Crippen LogP contribution is -2.09. The average molecular weight is 328 g/mol. The summed E-state index contributed by atoms with van der Waals surface area (Å²) in [5, 5.41) is 8.64. The van der Waals surface area contributed by atoms with Crippen LogP contribution < -0.4 is 5.56 Å². The van der Waals surface area contributed by atoms with Crippen LogP contribution in [0.4, 0.5) is 0 Å². The van der Waals surface area contributed by atoms with Crippen LogP contribution in [0, 0.1) is 0 Å². The van der Waals surface area contributed by atoms with Crippen molar-refractivity contribution in [2.24, 2.45) is 0 Å². The SMILES string of the molecule is CCCc1cc(=O)[nH]c(SCc2nnc(-c3ccccc3)o2)n1. The van der Waals surface area contributed by atoms with E-state index in [0.29, 0.717) is 22.7 Å². The van der Waals surface area contributed by atoms with Gasteiger partial charge in [-0.25, -0.2) is 4.98 Å². The fourth-order valence-corrected chi connectivity index (χ4v) is 2.81. The Bertz CT molecular complexity index is 829. The van der Waals surface area contributed by atoms with Gasteiger partial charge in [0.15, 0.2) is 5.16 Å². The molecule has 1 aromatic carbocycles. The zero-order valence-corrected chi connectivity index (χ0v) is 13.5. The minimum atomic E-state index is -0.138. The first-order chi connectivity index (χ1) is 11.2. The summed E-state index contributed by atoms with van der Waals surface area (Å²) >= 11 is 1.37. The Labute approximate surface area is 137 Å². The zero-order valence-electron chi connectivity index (χ0n) is 12.7. The highest BCUT2D eigenvalue weighted by molar-refractivity contribution is 7.98. The second kappa shape index (κ2) is 7.23. The number of H-pyrrole nitrogens is 1. The molecule has 0 aliphatic carbocycles. The molecule has 3 rings (SSSR count). The fraction of sp³-hybridized carbons (Fsp3) is 0.250. The molecular formula is C16H16N4O2S. The average Bonchev–Trinajstić information content (AvgIpc) is 3.03. The molecule has 0 amide bonds. The summed E-state index contributed by atoms with van der Waals surface area (Å²) in [7, 11) is 0. The largest absolute Gasteiger partial charge is 0.420 e. The number of rotatable bonds is 6. The van der Waals surface area contributed by atoms with Crippen molar-refractivity contribution in [3.8, 4) is 11.5 Å². The van der Waals surface area contributed by atoms with E-state index in [2.05, 4.69) is 27.1 Å². The van der Waals surface area contributed by atoms with E-state index in [1.54, 1.807) is 0 Å². The Morgan fingerprint density at radius 2 is 2.04 bits per heavy atom. The van der Waals surface area contributed by atoms with Gasteiger partial charge in [0, 0.05) is 17.3 Å². The molecule has 7 heteroatoms. The van der Waals surface area contributed by atoms with E-state index >= 15 is 0 Å². The van der Waals surface area contributed by atoms with Crippen LogP contribution in [0.15, 0.2) is 50.8 Å². The number of nitrogens with one attached hydrogen (secondary N) is 1. The molecule has 1 N–H and O–H groups in total. The van der Waals surface area contributed by atoms with Gasteiger partial charge in [0.05, 0.1) is 5.75 Å². The molecule has 0 unspecified atom stereocenters. The lowest BCUT2D eigenvalue weighted by atomic mass is 10.2. The van der Waals surface area contributed by atoms with Gasteiger partial charge < -0.3 is 9.40 Å². The Hall–Kier alpha value is -2.41. The lowest BCUT2D eigenvalue weighted by Gasteiger charge is -2.01. The maximum absolute atomic E-state index is 11.6. The van der Waals surface area contributed by atoms with Crippen molar-refractivity contribution in [2.75, 3.05) is 0 Å². The molecule has 0 saturated carbocycles. The minimum Gasteiger partial charge on any atom is -0.420 e. The number of thioether (sulfide) groups is 1. The van der Waals surface area contributed by atoms with Crippen molar-refractivity contribution in [3.63, 3.8) is 0 Å². The number of hydrogen-bond acceptors (Lipinski definition) is 6.